The molecule has 0 aromatic heterocycles. The molecule has 8 nitrogen and oxygen atoms in total. The molecule has 3 amide bonds. The maximum absolute atomic E-state index is 11.9. The van der Waals surface area contributed by atoms with Crippen LogP contribution < -0.4 is 16.4 Å². The standard InChI is InChI=1S/C18H25N3O5/c19-17(24)15(8-12-6-7-12)21-16(23)9-14(22)10-20-18(25)26-11-13-4-2-1-3-5-13/h1-5,12,14-15,22H,6-11H2,(H2,19,24)(H,20,25)(H,21,23)/t14-,15+/m0/s1. The van der Waals surface area contributed by atoms with Crippen LogP contribution in [0.2, 0.25) is 0 Å². The summed E-state index contributed by atoms with van der Waals surface area (Å²) in [4.78, 5) is 34.9. The van der Waals surface area contributed by atoms with Gasteiger partial charge in [0, 0.05) is 6.54 Å². The predicted octanol–water partition coefficient (Wildman–Crippen LogP) is 0.434. The van der Waals surface area contributed by atoms with Gasteiger partial charge in [-0.25, -0.2) is 4.79 Å². The van der Waals surface area contributed by atoms with E-state index in [4.69, 9.17) is 10.5 Å². The number of aliphatic hydroxyl groups excluding tert-OH is 1. The van der Waals surface area contributed by atoms with Gasteiger partial charge in [-0.3, -0.25) is 9.59 Å². The van der Waals surface area contributed by atoms with Crippen molar-refractivity contribution in [2.45, 2.75) is 44.4 Å². The number of aliphatic hydroxyl groups is 1. The largest absolute Gasteiger partial charge is 0.445 e. The Hall–Kier alpha value is -2.61. The Morgan fingerprint density at radius 2 is 1.92 bits per heavy atom. The first-order chi connectivity index (χ1) is 12.4. The number of nitrogens with one attached hydrogen (secondary N) is 2. The fraction of sp³-hybridized carbons (Fsp3) is 0.500. The van der Waals surface area contributed by atoms with Gasteiger partial charge in [-0.2, -0.15) is 0 Å². The molecule has 8 heteroatoms. The van der Waals surface area contributed by atoms with Crippen LogP contribution >= 0.6 is 0 Å². The van der Waals surface area contributed by atoms with Gasteiger partial charge in [-0.1, -0.05) is 43.2 Å². The molecule has 1 aromatic carbocycles. The number of nitrogens with two attached hydrogens (primary N) is 1. The summed E-state index contributed by atoms with van der Waals surface area (Å²) in [5, 5.41) is 14.8. The summed E-state index contributed by atoms with van der Waals surface area (Å²) in [6, 6.07) is 8.46. The van der Waals surface area contributed by atoms with E-state index in [9.17, 15) is 19.5 Å². The minimum Gasteiger partial charge on any atom is -0.445 e. The third-order valence-electron chi connectivity index (χ3n) is 4.06. The zero-order chi connectivity index (χ0) is 18.9. The summed E-state index contributed by atoms with van der Waals surface area (Å²) in [6.07, 6.45) is 0.592. The van der Waals surface area contributed by atoms with E-state index in [0.29, 0.717) is 12.3 Å². The average molecular weight is 363 g/mol. The first-order valence-corrected chi connectivity index (χ1v) is 8.65. The van der Waals surface area contributed by atoms with Gasteiger partial charge in [0.25, 0.3) is 0 Å². The van der Waals surface area contributed by atoms with Gasteiger partial charge in [0.15, 0.2) is 0 Å². The molecular formula is C18H25N3O5. The molecule has 0 spiro atoms. The monoisotopic (exact) mass is 363 g/mol. The Morgan fingerprint density at radius 1 is 1.23 bits per heavy atom. The van der Waals surface area contributed by atoms with Crippen molar-refractivity contribution in [2.75, 3.05) is 6.54 Å². The first-order valence-electron chi connectivity index (χ1n) is 8.65. The molecule has 5 N–H and O–H groups in total. The molecule has 0 saturated heterocycles. The van der Waals surface area contributed by atoms with Gasteiger partial charge in [-0.15, -0.1) is 0 Å². The van der Waals surface area contributed by atoms with Gasteiger partial charge in [-0.05, 0) is 17.9 Å². The van der Waals surface area contributed by atoms with E-state index in [2.05, 4.69) is 10.6 Å². The van der Waals surface area contributed by atoms with Crippen molar-refractivity contribution in [3.8, 4) is 0 Å². The predicted molar refractivity (Wildman–Crippen MR) is 93.7 cm³/mol. The lowest BCUT2D eigenvalue weighted by Gasteiger charge is -2.17. The van der Waals surface area contributed by atoms with Crippen molar-refractivity contribution < 1.29 is 24.2 Å². The van der Waals surface area contributed by atoms with E-state index >= 15 is 0 Å². The summed E-state index contributed by atoms with van der Waals surface area (Å²) in [7, 11) is 0. The molecule has 2 rings (SSSR count). The fourth-order valence-corrected chi connectivity index (χ4v) is 2.45. The average Bonchev–Trinajstić information content (AvgIpc) is 3.42. The van der Waals surface area contributed by atoms with Crippen molar-refractivity contribution in [1.29, 1.82) is 0 Å². The molecule has 0 bridgehead atoms. The number of amides is 3. The molecule has 0 aliphatic heterocycles. The minimum absolute atomic E-state index is 0.116. The van der Waals surface area contributed by atoms with E-state index in [1.807, 2.05) is 30.3 Å². The fourth-order valence-electron chi connectivity index (χ4n) is 2.45. The number of carbonyl (C=O) groups excluding carboxylic acids is 3. The van der Waals surface area contributed by atoms with Crippen LogP contribution in [0.3, 0.4) is 0 Å². The number of carbonyl (C=O) groups is 3. The molecule has 2 atom stereocenters. The Kier molecular flexibility index (Phi) is 7.40. The molecule has 1 fully saturated rings. The van der Waals surface area contributed by atoms with Crippen LogP contribution in [0.15, 0.2) is 30.3 Å². The Bertz CT molecular complexity index is 619. The molecule has 0 radical (unpaired) electrons. The topological polar surface area (TPSA) is 131 Å². The number of hydrogen-bond acceptors (Lipinski definition) is 5. The van der Waals surface area contributed by atoms with Gasteiger partial charge in [0.1, 0.15) is 12.6 Å². The van der Waals surface area contributed by atoms with Crippen LogP contribution in [0.4, 0.5) is 4.79 Å². The van der Waals surface area contributed by atoms with Gasteiger partial charge < -0.3 is 26.2 Å². The van der Waals surface area contributed by atoms with E-state index in [1.165, 1.54) is 0 Å². The van der Waals surface area contributed by atoms with Crippen LogP contribution in [-0.4, -0.2) is 41.7 Å². The number of ether oxygens (including phenoxy) is 1. The van der Waals surface area contributed by atoms with E-state index in [1.54, 1.807) is 0 Å². The minimum atomic E-state index is -1.09. The molecule has 1 aliphatic carbocycles. The number of hydrogen-bond donors (Lipinski definition) is 4. The van der Waals surface area contributed by atoms with Crippen LogP contribution in [0.1, 0.15) is 31.2 Å². The molecule has 1 aromatic rings. The van der Waals surface area contributed by atoms with Gasteiger partial charge in [0.2, 0.25) is 11.8 Å². The van der Waals surface area contributed by atoms with E-state index in [-0.39, 0.29) is 19.6 Å². The maximum Gasteiger partial charge on any atom is 0.407 e. The summed E-state index contributed by atoms with van der Waals surface area (Å²) in [5.41, 5.74) is 6.13. The van der Waals surface area contributed by atoms with E-state index < -0.39 is 30.1 Å². The smallest absolute Gasteiger partial charge is 0.407 e. The Morgan fingerprint density at radius 3 is 2.54 bits per heavy atom. The molecule has 0 unspecified atom stereocenters. The SMILES string of the molecule is NC(=O)[C@@H](CC1CC1)NC(=O)C[C@H](O)CNC(=O)OCc1ccccc1. The molecule has 26 heavy (non-hydrogen) atoms. The number of benzene rings is 1. The molecule has 1 aliphatic rings. The summed E-state index contributed by atoms with van der Waals surface area (Å²) in [5.74, 6) is -0.637. The second kappa shape index (κ2) is 9.76. The zero-order valence-corrected chi connectivity index (χ0v) is 14.5. The van der Waals surface area contributed by atoms with E-state index in [0.717, 1.165) is 18.4 Å². The lowest BCUT2D eigenvalue weighted by Crippen LogP contribution is -2.46. The number of alkyl carbamates (subject to hydrolysis) is 1. The van der Waals surface area contributed by atoms with Gasteiger partial charge in [0.05, 0.1) is 12.5 Å². The molecule has 1 saturated carbocycles. The number of rotatable bonds is 10. The highest BCUT2D eigenvalue weighted by atomic mass is 16.5. The van der Waals surface area contributed by atoms with Crippen molar-refractivity contribution in [3.63, 3.8) is 0 Å². The quantitative estimate of drug-likeness (QED) is 0.479. The summed E-state index contributed by atoms with van der Waals surface area (Å²) in [6.45, 7) is -0.0182. The van der Waals surface area contributed by atoms with Gasteiger partial charge >= 0.3 is 6.09 Å². The van der Waals surface area contributed by atoms with Crippen LogP contribution in [-0.2, 0) is 20.9 Å². The second-order valence-corrected chi connectivity index (χ2v) is 6.50. The third kappa shape index (κ3) is 7.52. The highest BCUT2D eigenvalue weighted by Crippen LogP contribution is 2.33. The van der Waals surface area contributed by atoms with Crippen molar-refractivity contribution >= 4 is 17.9 Å². The molecular weight excluding hydrogens is 338 g/mol. The normalized spacial score (nSPS) is 15.6. The summed E-state index contributed by atoms with van der Waals surface area (Å²) < 4.78 is 5.01. The third-order valence-corrected chi connectivity index (χ3v) is 4.06. The lowest BCUT2D eigenvalue weighted by atomic mass is 10.1. The Balaban J connectivity index is 1.63. The number of primary amides is 1. The highest BCUT2D eigenvalue weighted by molar-refractivity contribution is 5.86. The summed E-state index contributed by atoms with van der Waals surface area (Å²) >= 11 is 0. The second-order valence-electron chi connectivity index (χ2n) is 6.50. The molecule has 142 valence electrons. The van der Waals surface area contributed by atoms with Crippen LogP contribution in [0, 0.1) is 5.92 Å². The highest BCUT2D eigenvalue weighted by Gasteiger charge is 2.29. The maximum atomic E-state index is 11.9. The first kappa shape index (κ1) is 19.7. The zero-order valence-electron chi connectivity index (χ0n) is 14.5. The van der Waals surface area contributed by atoms with Crippen molar-refractivity contribution in [2.24, 2.45) is 11.7 Å². The van der Waals surface area contributed by atoms with Crippen molar-refractivity contribution in [1.82, 2.24) is 10.6 Å². The van der Waals surface area contributed by atoms with Crippen molar-refractivity contribution in [3.05, 3.63) is 35.9 Å². The van der Waals surface area contributed by atoms with Crippen LogP contribution in [0.25, 0.3) is 0 Å². The Labute approximate surface area is 152 Å². The molecule has 0 heterocycles. The van der Waals surface area contributed by atoms with Crippen LogP contribution in [0.5, 0.6) is 0 Å². The lowest BCUT2D eigenvalue weighted by molar-refractivity contribution is -0.128.